The van der Waals surface area contributed by atoms with Crippen LogP contribution in [-0.4, -0.2) is 31.0 Å². The highest BCUT2D eigenvalue weighted by molar-refractivity contribution is 5.98. The standard InChI is InChI=1S/C37H35N7O/c1-24-25(2)40-32-20-34-33(19-31(32)39-24)41-36(37(45)42-34)30-23-43(17-9-16-38)35-15-14-28(18-29(30)35)44(21-26-10-5-3-6-11-26)22-27-12-7-4-8-13-27/h3-8,10-15,18-20,23H,9,16-17,21-22,38H2,1-2H3,(H,42,45). The number of aromatic amines is 1. The van der Waals surface area contributed by atoms with E-state index < -0.39 is 0 Å². The monoisotopic (exact) mass is 593 g/mol. The zero-order valence-electron chi connectivity index (χ0n) is 25.5. The van der Waals surface area contributed by atoms with Crippen LogP contribution in [0.1, 0.15) is 28.9 Å². The molecular formula is C37H35N7O. The zero-order chi connectivity index (χ0) is 30.9. The maximum absolute atomic E-state index is 13.7. The molecule has 7 rings (SSSR count). The SMILES string of the molecule is Cc1nc2cc3nc(-c4cn(CCCN)c5ccc(N(Cc6ccccc6)Cc6ccccc6)cc45)c(=O)[nH]c3cc2nc1C. The third-order valence-corrected chi connectivity index (χ3v) is 8.41. The van der Waals surface area contributed by atoms with Crippen LogP contribution in [0.3, 0.4) is 0 Å². The van der Waals surface area contributed by atoms with Crippen molar-refractivity contribution in [1.29, 1.82) is 0 Å². The number of nitrogens with zero attached hydrogens (tertiary/aromatic N) is 5. The third-order valence-electron chi connectivity index (χ3n) is 8.41. The predicted octanol–water partition coefficient (Wildman–Crippen LogP) is 6.66. The normalized spacial score (nSPS) is 11.5. The van der Waals surface area contributed by atoms with Gasteiger partial charge in [-0.2, -0.15) is 0 Å². The Balaban J connectivity index is 1.38. The lowest BCUT2D eigenvalue weighted by Crippen LogP contribution is -2.22. The molecule has 0 spiro atoms. The van der Waals surface area contributed by atoms with E-state index in [1.165, 1.54) is 11.1 Å². The van der Waals surface area contributed by atoms with E-state index in [9.17, 15) is 4.79 Å². The second-order valence-corrected chi connectivity index (χ2v) is 11.6. The Morgan fingerprint density at radius 2 is 1.42 bits per heavy atom. The van der Waals surface area contributed by atoms with Crippen molar-refractivity contribution in [3.8, 4) is 11.3 Å². The highest BCUT2D eigenvalue weighted by Gasteiger charge is 2.19. The van der Waals surface area contributed by atoms with Gasteiger partial charge in [-0.15, -0.1) is 0 Å². The highest BCUT2D eigenvalue weighted by Crippen LogP contribution is 2.33. The van der Waals surface area contributed by atoms with Crippen LogP contribution < -0.4 is 16.2 Å². The van der Waals surface area contributed by atoms with Crippen molar-refractivity contribution >= 4 is 38.7 Å². The number of H-pyrrole nitrogens is 1. The summed E-state index contributed by atoms with van der Waals surface area (Å²) >= 11 is 0. The van der Waals surface area contributed by atoms with Crippen LogP contribution in [0.15, 0.2) is 102 Å². The molecule has 0 saturated carbocycles. The number of aryl methyl sites for hydroxylation is 3. The van der Waals surface area contributed by atoms with Gasteiger partial charge >= 0.3 is 0 Å². The lowest BCUT2D eigenvalue weighted by atomic mass is 10.1. The number of nitrogens with one attached hydrogen (secondary N) is 1. The number of rotatable bonds is 9. The molecule has 0 aliphatic rings. The van der Waals surface area contributed by atoms with E-state index in [4.69, 9.17) is 15.7 Å². The van der Waals surface area contributed by atoms with Gasteiger partial charge in [0, 0.05) is 48.0 Å². The number of anilines is 1. The van der Waals surface area contributed by atoms with Crippen LogP contribution in [0.5, 0.6) is 0 Å². The molecule has 0 radical (unpaired) electrons. The minimum Gasteiger partial charge on any atom is -0.363 e. The molecule has 8 nitrogen and oxygen atoms in total. The maximum atomic E-state index is 13.7. The molecule has 0 aliphatic heterocycles. The summed E-state index contributed by atoms with van der Waals surface area (Å²) in [6, 6.07) is 31.3. The average Bonchev–Trinajstić information content (AvgIpc) is 3.41. The van der Waals surface area contributed by atoms with E-state index in [2.05, 4.69) is 86.2 Å². The van der Waals surface area contributed by atoms with Crippen molar-refractivity contribution in [3.05, 3.63) is 130 Å². The molecule has 8 heteroatoms. The Hall–Kier alpha value is -5.34. The molecule has 0 saturated heterocycles. The van der Waals surface area contributed by atoms with Crippen molar-refractivity contribution in [2.24, 2.45) is 5.73 Å². The highest BCUT2D eigenvalue weighted by atomic mass is 16.1. The smallest absolute Gasteiger partial charge is 0.275 e. The molecule has 0 aliphatic carbocycles. The van der Waals surface area contributed by atoms with Gasteiger partial charge in [0.2, 0.25) is 0 Å². The van der Waals surface area contributed by atoms with Gasteiger partial charge < -0.3 is 20.2 Å². The summed E-state index contributed by atoms with van der Waals surface area (Å²) in [5, 5.41) is 0.972. The number of hydrogen-bond acceptors (Lipinski definition) is 6. The Morgan fingerprint density at radius 3 is 2.07 bits per heavy atom. The number of benzene rings is 4. The van der Waals surface area contributed by atoms with Crippen molar-refractivity contribution in [1.82, 2.24) is 24.5 Å². The van der Waals surface area contributed by atoms with Crippen LogP contribution in [0, 0.1) is 13.8 Å². The summed E-state index contributed by atoms with van der Waals surface area (Å²) in [6.45, 7) is 6.69. The fourth-order valence-electron chi connectivity index (χ4n) is 5.96. The van der Waals surface area contributed by atoms with Crippen LogP contribution >= 0.6 is 0 Å². The topological polar surface area (TPSA) is 106 Å². The van der Waals surface area contributed by atoms with Crippen molar-refractivity contribution in [2.75, 3.05) is 11.4 Å². The van der Waals surface area contributed by atoms with Gasteiger partial charge in [0.15, 0.2) is 0 Å². The first-order valence-electron chi connectivity index (χ1n) is 15.3. The third kappa shape index (κ3) is 5.68. The van der Waals surface area contributed by atoms with Crippen molar-refractivity contribution in [3.63, 3.8) is 0 Å². The number of hydrogen-bond donors (Lipinski definition) is 2. The number of aromatic nitrogens is 5. The summed E-state index contributed by atoms with van der Waals surface area (Å²) in [7, 11) is 0. The largest absolute Gasteiger partial charge is 0.363 e. The molecule has 4 aromatic carbocycles. The van der Waals surface area contributed by atoms with Crippen LogP contribution in [-0.2, 0) is 19.6 Å². The summed E-state index contributed by atoms with van der Waals surface area (Å²) < 4.78 is 2.18. The number of fused-ring (bicyclic) bond motifs is 3. The maximum Gasteiger partial charge on any atom is 0.275 e. The molecule has 0 amide bonds. The Labute approximate surface area is 261 Å². The summed E-state index contributed by atoms with van der Waals surface area (Å²) in [4.78, 5) is 33.4. The fourth-order valence-corrected chi connectivity index (χ4v) is 5.96. The molecule has 3 heterocycles. The summed E-state index contributed by atoms with van der Waals surface area (Å²) in [5.74, 6) is 0. The molecule has 0 bridgehead atoms. The minimum absolute atomic E-state index is 0.243. The average molecular weight is 594 g/mol. The Bertz CT molecular complexity index is 2160. The van der Waals surface area contributed by atoms with Gasteiger partial charge in [0.1, 0.15) is 5.69 Å². The lowest BCUT2D eigenvalue weighted by Gasteiger charge is -2.26. The second kappa shape index (κ2) is 12.0. The Morgan fingerprint density at radius 1 is 0.778 bits per heavy atom. The van der Waals surface area contributed by atoms with Crippen molar-refractivity contribution < 1.29 is 0 Å². The second-order valence-electron chi connectivity index (χ2n) is 11.6. The molecule has 0 fully saturated rings. The Kier molecular flexibility index (Phi) is 7.57. The molecule has 0 atom stereocenters. The first-order valence-corrected chi connectivity index (χ1v) is 15.3. The first kappa shape index (κ1) is 28.4. The van der Waals surface area contributed by atoms with Gasteiger partial charge in [-0.25, -0.2) is 15.0 Å². The zero-order valence-corrected chi connectivity index (χ0v) is 25.5. The van der Waals surface area contributed by atoms with Gasteiger partial charge in [0.05, 0.1) is 33.5 Å². The lowest BCUT2D eigenvalue weighted by molar-refractivity contribution is 0.671. The van der Waals surface area contributed by atoms with Gasteiger partial charge in [-0.1, -0.05) is 60.7 Å². The van der Waals surface area contributed by atoms with Crippen LogP contribution in [0.2, 0.25) is 0 Å². The molecule has 45 heavy (non-hydrogen) atoms. The first-order chi connectivity index (χ1) is 22.0. The number of nitrogens with two attached hydrogens (primary N) is 1. The molecular weight excluding hydrogens is 558 g/mol. The summed E-state index contributed by atoms with van der Waals surface area (Å²) in [5.41, 5.74) is 15.9. The van der Waals surface area contributed by atoms with Crippen molar-refractivity contribution in [2.45, 2.75) is 39.9 Å². The van der Waals surface area contributed by atoms with Crippen LogP contribution in [0.4, 0.5) is 5.69 Å². The molecule has 224 valence electrons. The van der Waals surface area contributed by atoms with Crippen LogP contribution in [0.25, 0.3) is 44.2 Å². The van der Waals surface area contributed by atoms with E-state index in [0.717, 1.165) is 70.6 Å². The van der Waals surface area contributed by atoms with E-state index in [1.807, 2.05) is 44.3 Å². The minimum atomic E-state index is -0.243. The molecule has 3 N–H and O–H groups in total. The quantitative estimate of drug-likeness (QED) is 0.181. The molecule has 7 aromatic rings. The summed E-state index contributed by atoms with van der Waals surface area (Å²) in [6.07, 6.45) is 2.87. The van der Waals surface area contributed by atoms with E-state index >= 15 is 0 Å². The van der Waals surface area contributed by atoms with E-state index in [1.54, 1.807) is 0 Å². The van der Waals surface area contributed by atoms with Gasteiger partial charge in [-0.05, 0) is 68.3 Å². The van der Waals surface area contributed by atoms with Gasteiger partial charge in [0.25, 0.3) is 5.56 Å². The molecule has 3 aromatic heterocycles. The molecule has 0 unspecified atom stereocenters. The van der Waals surface area contributed by atoms with E-state index in [-0.39, 0.29) is 5.56 Å². The fraction of sp³-hybridized carbons (Fsp3) is 0.189. The predicted molar refractivity (Wildman–Crippen MR) is 182 cm³/mol. The van der Waals surface area contributed by atoms with E-state index in [0.29, 0.717) is 23.3 Å². The van der Waals surface area contributed by atoms with Gasteiger partial charge in [-0.3, -0.25) is 4.79 Å².